The number of halogens is 1. The van der Waals surface area contributed by atoms with E-state index in [1.54, 1.807) is 48.5 Å². The van der Waals surface area contributed by atoms with Crippen LogP contribution in [0.3, 0.4) is 0 Å². The first-order valence-corrected chi connectivity index (χ1v) is 9.62. The molecule has 0 unspecified atom stereocenters. The Morgan fingerprint density at radius 3 is 2.22 bits per heavy atom. The van der Waals surface area contributed by atoms with E-state index in [4.69, 9.17) is 4.42 Å². The minimum absolute atomic E-state index is 0.0517. The molecular weight excluding hydrogens is 365 g/mol. The smallest absolute Gasteiger partial charge is 0.285 e. The quantitative estimate of drug-likeness (QED) is 0.525. The van der Waals surface area contributed by atoms with Crippen molar-refractivity contribution in [3.8, 4) is 11.1 Å². The largest absolute Gasteiger partial charge is 0.437 e. The fourth-order valence-electron chi connectivity index (χ4n) is 2.73. The number of benzene rings is 3. The minimum atomic E-state index is -3.96. The first-order valence-electron chi connectivity index (χ1n) is 8.18. The zero-order valence-electron chi connectivity index (χ0n) is 14.0. The Kier molecular flexibility index (Phi) is 4.33. The van der Waals surface area contributed by atoms with Gasteiger partial charge in [0.25, 0.3) is 10.0 Å². The zero-order chi connectivity index (χ0) is 18.9. The van der Waals surface area contributed by atoms with Crippen molar-refractivity contribution in [2.24, 2.45) is 4.40 Å². The summed E-state index contributed by atoms with van der Waals surface area (Å²) in [4.78, 5) is 0.0680. The maximum absolute atomic E-state index is 13.3. The summed E-state index contributed by atoms with van der Waals surface area (Å²) in [6.45, 7) is 0. The van der Waals surface area contributed by atoms with Gasteiger partial charge in [0, 0.05) is 10.9 Å². The van der Waals surface area contributed by atoms with Crippen molar-refractivity contribution in [1.29, 1.82) is 0 Å². The van der Waals surface area contributed by atoms with Gasteiger partial charge in [-0.25, -0.2) is 4.39 Å². The molecule has 0 amide bonds. The Morgan fingerprint density at radius 2 is 1.48 bits per heavy atom. The molecule has 1 heterocycles. The summed E-state index contributed by atoms with van der Waals surface area (Å²) in [5, 5.41) is 0.785. The lowest BCUT2D eigenvalue weighted by molar-refractivity contribution is 0.543. The van der Waals surface area contributed by atoms with Crippen LogP contribution in [0, 0.1) is 5.82 Å². The molecule has 27 heavy (non-hydrogen) atoms. The normalized spacial score (nSPS) is 12.4. The van der Waals surface area contributed by atoms with E-state index in [1.165, 1.54) is 24.3 Å². The molecule has 0 saturated heterocycles. The molecule has 4 aromatic rings. The summed E-state index contributed by atoms with van der Waals surface area (Å²) < 4.78 is 48.4. The molecule has 0 saturated carbocycles. The van der Waals surface area contributed by atoms with E-state index in [1.807, 2.05) is 12.1 Å². The van der Waals surface area contributed by atoms with E-state index in [9.17, 15) is 12.8 Å². The molecule has 0 atom stereocenters. The Bertz CT molecular complexity index is 1280. The molecule has 1 aromatic heterocycles. The maximum Gasteiger partial charge on any atom is 0.285 e. The predicted molar refractivity (Wildman–Crippen MR) is 101 cm³/mol. The molecule has 0 radical (unpaired) electrons. The highest BCUT2D eigenvalue weighted by atomic mass is 32.2. The highest BCUT2D eigenvalue weighted by molar-refractivity contribution is 7.90. The first kappa shape index (κ1) is 17.2. The Labute approximate surface area is 155 Å². The molecule has 3 aromatic carbocycles. The van der Waals surface area contributed by atoms with Crippen LogP contribution in [0.4, 0.5) is 4.39 Å². The fraction of sp³-hybridized carbons (Fsp3) is 0. The summed E-state index contributed by atoms with van der Waals surface area (Å²) in [7, 11) is -3.96. The third kappa shape index (κ3) is 3.52. The zero-order valence-corrected chi connectivity index (χ0v) is 14.9. The lowest BCUT2D eigenvalue weighted by Gasteiger charge is -2.05. The molecule has 0 bridgehead atoms. The Balaban J connectivity index is 2.01. The SMILES string of the molecule is O=S(=O)(/N=c1\oc2ccccc2cc1-c1ccc(F)cc1)c1ccccc1. The van der Waals surface area contributed by atoms with Crippen LogP contribution in [-0.4, -0.2) is 8.42 Å². The average Bonchev–Trinajstić information content (AvgIpc) is 2.69. The predicted octanol–water partition coefficient (Wildman–Crippen LogP) is 4.53. The number of hydrogen-bond donors (Lipinski definition) is 0. The van der Waals surface area contributed by atoms with Crippen molar-refractivity contribution in [3.63, 3.8) is 0 Å². The van der Waals surface area contributed by atoms with E-state index in [-0.39, 0.29) is 16.3 Å². The monoisotopic (exact) mass is 379 g/mol. The second-order valence-corrected chi connectivity index (χ2v) is 7.49. The molecular formula is C21H14FNO3S. The minimum Gasteiger partial charge on any atom is -0.437 e. The second-order valence-electron chi connectivity index (χ2n) is 5.89. The van der Waals surface area contributed by atoms with Crippen LogP contribution in [0.1, 0.15) is 0 Å². The summed E-state index contributed by atoms with van der Waals surface area (Å²) >= 11 is 0. The highest BCUT2D eigenvalue weighted by Gasteiger charge is 2.15. The lowest BCUT2D eigenvalue weighted by Crippen LogP contribution is -2.11. The van der Waals surface area contributed by atoms with Gasteiger partial charge in [-0.2, -0.15) is 8.42 Å². The van der Waals surface area contributed by atoms with E-state index >= 15 is 0 Å². The fourth-order valence-corrected chi connectivity index (χ4v) is 3.69. The van der Waals surface area contributed by atoms with Gasteiger partial charge in [-0.3, -0.25) is 0 Å². The van der Waals surface area contributed by atoms with Crippen molar-refractivity contribution >= 4 is 21.0 Å². The summed E-state index contributed by atoms with van der Waals surface area (Å²) in [6.07, 6.45) is 0. The number of hydrogen-bond acceptors (Lipinski definition) is 3. The lowest BCUT2D eigenvalue weighted by atomic mass is 10.1. The Morgan fingerprint density at radius 1 is 0.815 bits per heavy atom. The van der Waals surface area contributed by atoms with Crippen LogP contribution < -0.4 is 5.55 Å². The van der Waals surface area contributed by atoms with Gasteiger partial charge in [0.05, 0.1) is 4.90 Å². The van der Waals surface area contributed by atoms with Crippen LogP contribution >= 0.6 is 0 Å². The van der Waals surface area contributed by atoms with Gasteiger partial charge in [0.1, 0.15) is 11.4 Å². The van der Waals surface area contributed by atoms with Gasteiger partial charge < -0.3 is 4.42 Å². The average molecular weight is 379 g/mol. The van der Waals surface area contributed by atoms with Gasteiger partial charge in [-0.05, 0) is 42.0 Å². The van der Waals surface area contributed by atoms with Gasteiger partial charge in [-0.1, -0.05) is 48.5 Å². The van der Waals surface area contributed by atoms with Crippen molar-refractivity contribution in [2.45, 2.75) is 4.90 Å². The molecule has 0 aliphatic carbocycles. The molecule has 0 N–H and O–H groups in total. The summed E-state index contributed by atoms with van der Waals surface area (Å²) in [5.41, 5.74) is 1.52. The van der Waals surface area contributed by atoms with Gasteiger partial charge >= 0.3 is 0 Å². The van der Waals surface area contributed by atoms with Crippen molar-refractivity contribution in [3.05, 3.63) is 96.3 Å². The topological polar surface area (TPSA) is 59.6 Å². The molecule has 0 fully saturated rings. The van der Waals surface area contributed by atoms with Gasteiger partial charge in [0.15, 0.2) is 0 Å². The maximum atomic E-state index is 13.3. The molecule has 4 rings (SSSR count). The molecule has 0 aliphatic rings. The second kappa shape index (κ2) is 6.81. The van der Waals surface area contributed by atoms with E-state index in [2.05, 4.69) is 4.40 Å². The van der Waals surface area contributed by atoms with Crippen LogP contribution in [0.5, 0.6) is 0 Å². The molecule has 6 heteroatoms. The molecule has 0 aliphatic heterocycles. The van der Waals surface area contributed by atoms with E-state index in [0.717, 1.165) is 5.39 Å². The van der Waals surface area contributed by atoms with Gasteiger partial charge in [-0.15, -0.1) is 4.40 Å². The van der Waals surface area contributed by atoms with Crippen LogP contribution in [0.25, 0.3) is 22.1 Å². The first-order chi connectivity index (χ1) is 13.0. The summed E-state index contributed by atoms with van der Waals surface area (Å²) in [5.74, 6) is -0.383. The standard InChI is InChI=1S/C21H14FNO3S/c22-17-12-10-15(11-13-17)19-14-16-6-4-5-9-20(16)26-21(19)23-27(24,25)18-7-2-1-3-8-18/h1-14H/b23-21-. The molecule has 4 nitrogen and oxygen atoms in total. The van der Waals surface area contributed by atoms with Crippen molar-refractivity contribution in [1.82, 2.24) is 0 Å². The number of para-hydroxylation sites is 1. The number of nitrogens with zero attached hydrogens (tertiary/aromatic N) is 1. The van der Waals surface area contributed by atoms with E-state index < -0.39 is 10.0 Å². The number of fused-ring (bicyclic) bond motifs is 1. The summed E-state index contributed by atoms with van der Waals surface area (Å²) in [6, 6.07) is 22.7. The van der Waals surface area contributed by atoms with E-state index in [0.29, 0.717) is 16.7 Å². The van der Waals surface area contributed by atoms with Crippen LogP contribution in [-0.2, 0) is 10.0 Å². The highest BCUT2D eigenvalue weighted by Crippen LogP contribution is 2.22. The third-order valence-corrected chi connectivity index (χ3v) is 5.33. The van der Waals surface area contributed by atoms with Crippen molar-refractivity contribution in [2.75, 3.05) is 0 Å². The van der Waals surface area contributed by atoms with Gasteiger partial charge in [0.2, 0.25) is 5.55 Å². The Hall–Kier alpha value is -3.25. The molecule has 0 spiro atoms. The van der Waals surface area contributed by atoms with Crippen molar-refractivity contribution < 1.29 is 17.2 Å². The number of sulfonamides is 1. The third-order valence-electron chi connectivity index (χ3n) is 4.06. The van der Waals surface area contributed by atoms with Crippen LogP contribution in [0.2, 0.25) is 0 Å². The number of rotatable bonds is 3. The molecule has 134 valence electrons. The van der Waals surface area contributed by atoms with Crippen LogP contribution in [0.15, 0.2) is 98.6 Å².